The summed E-state index contributed by atoms with van der Waals surface area (Å²) in [6.07, 6.45) is 17.9. The summed E-state index contributed by atoms with van der Waals surface area (Å²) < 4.78 is 71.1. The fourth-order valence-electron chi connectivity index (χ4n) is 5.81. The molecular weight excluding hydrogens is 858 g/mol. The van der Waals surface area contributed by atoms with Gasteiger partial charge >= 0.3 is 15.6 Å². The van der Waals surface area contributed by atoms with Crippen molar-refractivity contribution in [2.45, 2.75) is 141 Å². The number of phosphoric acid groups is 2. The van der Waals surface area contributed by atoms with Crippen molar-refractivity contribution >= 4 is 15.6 Å². The summed E-state index contributed by atoms with van der Waals surface area (Å²) in [6.45, 7) is 3.86. The zero-order valence-electron chi connectivity index (χ0n) is 40.5. The van der Waals surface area contributed by atoms with Crippen LogP contribution in [0.5, 0.6) is 0 Å². The van der Waals surface area contributed by atoms with Gasteiger partial charge in [0.15, 0.2) is 0 Å². The Hall–Kier alpha value is -1.78. The number of rotatable bonds is 14. The fourth-order valence-corrected chi connectivity index (χ4v) is 7.30. The molecule has 0 aromatic rings. The first-order valence-electron chi connectivity index (χ1n) is 23.7. The summed E-state index contributed by atoms with van der Waals surface area (Å²) in [4.78, 5) is 20.4. The van der Waals surface area contributed by atoms with Crippen molar-refractivity contribution in [1.82, 2.24) is 0 Å². The van der Waals surface area contributed by atoms with Gasteiger partial charge in [0.05, 0.1) is 68.7 Å². The van der Waals surface area contributed by atoms with Crippen LogP contribution in [0.3, 0.4) is 0 Å². The lowest BCUT2D eigenvalue weighted by molar-refractivity contribution is -0.870. The van der Waals surface area contributed by atoms with E-state index in [1.54, 1.807) is 0 Å². The Morgan fingerprint density at radius 3 is 1.06 bits per heavy atom. The van der Waals surface area contributed by atoms with Gasteiger partial charge < -0.3 is 37.7 Å². The molecule has 0 aliphatic carbocycles. The number of quaternary nitrogens is 2. The summed E-state index contributed by atoms with van der Waals surface area (Å²) in [6, 6.07) is 0. The van der Waals surface area contributed by atoms with Gasteiger partial charge in [0.2, 0.25) is 0 Å². The Labute approximate surface area is 388 Å². The van der Waals surface area contributed by atoms with E-state index in [1.807, 2.05) is 42.3 Å². The molecule has 4 unspecified atom stereocenters. The van der Waals surface area contributed by atoms with E-state index in [0.29, 0.717) is 48.5 Å². The molecule has 0 spiro atoms. The van der Waals surface area contributed by atoms with E-state index >= 15 is 0 Å². The molecule has 1 rings (SSSR count). The van der Waals surface area contributed by atoms with Crippen LogP contribution < -0.4 is 0 Å². The minimum absolute atomic E-state index is 0.0919. The second-order valence-electron chi connectivity index (χ2n) is 18.2. The minimum atomic E-state index is -4.21. The van der Waals surface area contributed by atoms with Crippen molar-refractivity contribution in [2.75, 3.05) is 121 Å². The maximum atomic E-state index is 12.5. The van der Waals surface area contributed by atoms with E-state index in [0.717, 1.165) is 128 Å². The van der Waals surface area contributed by atoms with Gasteiger partial charge in [0.1, 0.15) is 38.5 Å². The number of likely N-dealkylation sites (N-methyl/N-ethyl adjacent to an activating group) is 2. The van der Waals surface area contributed by atoms with E-state index < -0.39 is 27.9 Å². The Morgan fingerprint density at radius 1 is 0.453 bits per heavy atom. The number of nitrogens with zero attached hydrogens (tertiary/aromatic N) is 2. The highest BCUT2D eigenvalue weighted by Crippen LogP contribution is 2.44. The van der Waals surface area contributed by atoms with Crippen LogP contribution in [0.1, 0.15) is 128 Å². The molecule has 16 heteroatoms. The maximum Gasteiger partial charge on any atom is 0.472 e. The Kier molecular flexibility index (Phi) is 36.0. The van der Waals surface area contributed by atoms with Crippen molar-refractivity contribution in [3.8, 4) is 47.4 Å². The van der Waals surface area contributed by atoms with Gasteiger partial charge in [-0.2, -0.15) is 0 Å². The molecule has 1 aliphatic heterocycles. The van der Waals surface area contributed by atoms with Crippen LogP contribution in [-0.2, 0) is 46.2 Å². The van der Waals surface area contributed by atoms with Crippen molar-refractivity contribution in [3.63, 3.8) is 0 Å². The van der Waals surface area contributed by atoms with Gasteiger partial charge in [-0.05, 0) is 75.0 Å². The minimum Gasteiger partial charge on any atom is -0.379 e. The average Bonchev–Trinajstić information content (AvgIpc) is 3.21. The molecule has 64 heavy (non-hydrogen) atoms. The largest absolute Gasteiger partial charge is 0.472 e. The molecule has 2 N–H and O–H groups in total. The molecule has 14 nitrogen and oxygen atoms in total. The predicted molar refractivity (Wildman–Crippen MR) is 254 cm³/mol. The van der Waals surface area contributed by atoms with E-state index in [1.165, 1.54) is 0 Å². The van der Waals surface area contributed by atoms with Gasteiger partial charge in [-0.1, -0.05) is 75.0 Å². The second kappa shape index (κ2) is 38.2. The lowest BCUT2D eigenvalue weighted by atomic mass is 10.1. The zero-order valence-corrected chi connectivity index (χ0v) is 42.3. The third-order valence-corrected chi connectivity index (χ3v) is 11.7. The van der Waals surface area contributed by atoms with Crippen LogP contribution in [0.2, 0.25) is 0 Å². The quantitative estimate of drug-likeness (QED) is 0.0981. The highest BCUT2D eigenvalue weighted by atomic mass is 31.2. The standard InChI is InChI=1S/C48H84N2O12P2/c1-49(2,3)35-41-59-63(51,52)61-45-47-43-55-37-31-27-23-19-15-11-7-8-12-16-20-24-28-32-38-56-44-48(46-62-64(53,54)60-42-36-50(4,5)6)58-40-34-30-26-22-18-14-10-9-13-17-21-25-29-33-39-57-47/h47-48H,15-46H2,1-6H3/p+2. The van der Waals surface area contributed by atoms with Crippen molar-refractivity contribution in [3.05, 3.63) is 0 Å². The normalized spacial score (nSPS) is 22.4. The lowest BCUT2D eigenvalue weighted by Gasteiger charge is -2.24. The topological polar surface area (TPSA) is 148 Å². The number of hydrogen-bond donors (Lipinski definition) is 2. The molecule has 0 radical (unpaired) electrons. The molecule has 0 aromatic carbocycles. The monoisotopic (exact) mass is 945 g/mol. The maximum absolute atomic E-state index is 12.5. The van der Waals surface area contributed by atoms with Crippen LogP contribution in [0.4, 0.5) is 0 Å². The van der Waals surface area contributed by atoms with Crippen molar-refractivity contribution in [2.24, 2.45) is 0 Å². The lowest BCUT2D eigenvalue weighted by Crippen LogP contribution is -2.37. The van der Waals surface area contributed by atoms with Gasteiger partial charge in [0, 0.05) is 52.1 Å². The van der Waals surface area contributed by atoms with E-state index in [2.05, 4.69) is 47.4 Å². The summed E-state index contributed by atoms with van der Waals surface area (Å²) >= 11 is 0. The molecule has 4 atom stereocenters. The van der Waals surface area contributed by atoms with Crippen LogP contribution in [0.25, 0.3) is 0 Å². The van der Waals surface area contributed by atoms with Gasteiger partial charge in [0.25, 0.3) is 0 Å². The molecule has 0 fully saturated rings. The fraction of sp³-hybridized carbons (Fsp3) is 0.833. The first-order chi connectivity index (χ1) is 30.6. The highest BCUT2D eigenvalue weighted by molar-refractivity contribution is 7.47. The second-order valence-corrected chi connectivity index (χ2v) is 21.1. The van der Waals surface area contributed by atoms with Gasteiger partial charge in [-0.3, -0.25) is 18.1 Å². The van der Waals surface area contributed by atoms with Crippen LogP contribution >= 0.6 is 15.6 Å². The van der Waals surface area contributed by atoms with Crippen LogP contribution in [0.15, 0.2) is 0 Å². The number of hydrogen-bond acceptors (Lipinski definition) is 10. The van der Waals surface area contributed by atoms with E-state index in [-0.39, 0.29) is 39.6 Å². The van der Waals surface area contributed by atoms with Crippen LogP contribution in [-0.4, -0.2) is 152 Å². The summed E-state index contributed by atoms with van der Waals surface area (Å²) in [5.74, 6) is 24.5. The first kappa shape index (κ1) is 60.2. The Bertz CT molecular complexity index is 1420. The van der Waals surface area contributed by atoms with E-state index in [9.17, 15) is 18.9 Å². The average molecular weight is 945 g/mol. The van der Waals surface area contributed by atoms with Gasteiger partial charge in [-0.15, -0.1) is 0 Å². The molecule has 0 bridgehead atoms. The smallest absolute Gasteiger partial charge is 0.379 e. The van der Waals surface area contributed by atoms with Gasteiger partial charge in [-0.25, -0.2) is 9.13 Å². The molecular formula is C48H86N2O12P2+2. The predicted octanol–water partition coefficient (Wildman–Crippen LogP) is 8.30. The summed E-state index contributed by atoms with van der Waals surface area (Å²) in [5.41, 5.74) is 0. The molecule has 0 saturated carbocycles. The molecule has 0 saturated heterocycles. The Morgan fingerprint density at radius 2 is 0.750 bits per heavy atom. The Balaban J connectivity index is 2.64. The van der Waals surface area contributed by atoms with Crippen molar-refractivity contribution < 1.29 is 64.9 Å². The SMILES string of the molecule is C[N+](C)(C)CCOP(=O)(O)OCC1COCCCCCCC#CC#CCCCCCCOCC(COP(=O)(O)OCC[N+](C)(C)C)OCCCCCCC#CC#CCCCCCCO1. The first-order valence-corrected chi connectivity index (χ1v) is 26.7. The molecule has 0 aromatic heterocycles. The molecule has 368 valence electrons. The highest BCUT2D eigenvalue weighted by Gasteiger charge is 2.26. The number of ether oxygens (including phenoxy) is 4. The molecule has 0 amide bonds. The molecule has 1 heterocycles. The third kappa shape index (κ3) is 42.8. The number of phosphoric ester groups is 2. The van der Waals surface area contributed by atoms with Crippen molar-refractivity contribution in [1.29, 1.82) is 0 Å². The summed E-state index contributed by atoms with van der Waals surface area (Å²) in [7, 11) is 3.48. The third-order valence-electron chi connectivity index (χ3n) is 9.75. The summed E-state index contributed by atoms with van der Waals surface area (Å²) in [5, 5.41) is 0. The molecule has 1 aliphatic rings. The van der Waals surface area contributed by atoms with Crippen LogP contribution in [0, 0.1) is 47.4 Å². The van der Waals surface area contributed by atoms with E-state index in [4.69, 9.17) is 37.0 Å². The zero-order chi connectivity index (χ0) is 47.1.